The smallest absolute Gasteiger partial charge is 0.412 e. The lowest BCUT2D eigenvalue weighted by Crippen LogP contribution is -2.52. The Bertz CT molecular complexity index is 437. The number of rotatable bonds is 5. The van der Waals surface area contributed by atoms with Crippen LogP contribution in [0.4, 0.5) is 4.79 Å². The van der Waals surface area contributed by atoms with Crippen LogP contribution in [0.5, 0.6) is 0 Å². The highest BCUT2D eigenvalue weighted by atomic mass is 16.6. The van der Waals surface area contributed by atoms with Crippen LogP contribution in [-0.2, 0) is 14.3 Å². The third-order valence-corrected chi connectivity index (χ3v) is 4.91. The van der Waals surface area contributed by atoms with Crippen LogP contribution >= 0.6 is 0 Å². The van der Waals surface area contributed by atoms with Crippen molar-refractivity contribution in [2.45, 2.75) is 84.1 Å². The molecule has 5 nitrogen and oxygen atoms in total. The predicted molar refractivity (Wildman–Crippen MR) is 88.0 cm³/mol. The minimum absolute atomic E-state index is 0.0920. The maximum absolute atomic E-state index is 12.7. The molecule has 2 rings (SSSR count). The van der Waals surface area contributed by atoms with Crippen molar-refractivity contribution in [2.24, 2.45) is 11.8 Å². The van der Waals surface area contributed by atoms with Crippen LogP contribution in [-0.4, -0.2) is 41.3 Å². The Morgan fingerprint density at radius 1 is 1.39 bits per heavy atom. The molecule has 0 unspecified atom stereocenters. The summed E-state index contributed by atoms with van der Waals surface area (Å²) in [5.41, 5.74) is -1.25. The zero-order valence-corrected chi connectivity index (χ0v) is 15.1. The first-order valence-electron chi connectivity index (χ1n) is 8.74. The molecule has 132 valence electrons. The van der Waals surface area contributed by atoms with E-state index in [0.717, 1.165) is 12.7 Å². The average molecular weight is 325 g/mol. The fourth-order valence-corrected chi connectivity index (χ4v) is 3.54. The first-order chi connectivity index (χ1) is 10.6. The van der Waals surface area contributed by atoms with E-state index in [1.165, 1.54) is 19.3 Å². The van der Waals surface area contributed by atoms with Gasteiger partial charge in [-0.3, -0.25) is 4.90 Å². The van der Waals surface area contributed by atoms with Gasteiger partial charge in [-0.25, -0.2) is 4.79 Å². The third kappa shape index (κ3) is 4.46. The van der Waals surface area contributed by atoms with Gasteiger partial charge in [-0.1, -0.05) is 19.3 Å². The van der Waals surface area contributed by atoms with Gasteiger partial charge in [-0.05, 0) is 52.9 Å². The van der Waals surface area contributed by atoms with E-state index in [1.807, 2.05) is 34.6 Å². The zero-order valence-electron chi connectivity index (χ0n) is 15.1. The van der Waals surface area contributed by atoms with Crippen LogP contribution in [0.15, 0.2) is 0 Å². The number of aldehydes is 1. The molecular formula is C18H31NO4. The molecule has 5 heteroatoms. The summed E-state index contributed by atoms with van der Waals surface area (Å²) in [4.78, 5) is 25.6. The Kier molecular flexibility index (Phi) is 5.39. The summed E-state index contributed by atoms with van der Waals surface area (Å²) >= 11 is 0. The molecule has 0 bridgehead atoms. The van der Waals surface area contributed by atoms with Crippen molar-refractivity contribution in [2.75, 3.05) is 6.61 Å². The Morgan fingerprint density at radius 2 is 2.04 bits per heavy atom. The van der Waals surface area contributed by atoms with Crippen LogP contribution < -0.4 is 0 Å². The number of ether oxygens (including phenoxy) is 2. The summed E-state index contributed by atoms with van der Waals surface area (Å²) < 4.78 is 11.5. The molecule has 0 spiro atoms. The van der Waals surface area contributed by atoms with E-state index < -0.39 is 11.3 Å². The molecule has 1 aliphatic carbocycles. The second kappa shape index (κ2) is 6.80. The predicted octanol–water partition coefficient (Wildman–Crippen LogP) is 3.75. The van der Waals surface area contributed by atoms with Crippen molar-refractivity contribution in [3.05, 3.63) is 0 Å². The fourth-order valence-electron chi connectivity index (χ4n) is 3.54. The molecule has 23 heavy (non-hydrogen) atoms. The molecule has 1 aliphatic heterocycles. The van der Waals surface area contributed by atoms with Gasteiger partial charge >= 0.3 is 6.09 Å². The lowest BCUT2D eigenvalue weighted by atomic mass is 9.76. The van der Waals surface area contributed by atoms with E-state index in [2.05, 4.69) is 0 Å². The van der Waals surface area contributed by atoms with E-state index in [-0.39, 0.29) is 18.1 Å². The second-order valence-electron chi connectivity index (χ2n) is 8.37. The summed E-state index contributed by atoms with van der Waals surface area (Å²) in [7, 11) is 0. The quantitative estimate of drug-likeness (QED) is 0.722. The molecule has 1 saturated heterocycles. The number of nitrogens with zero attached hydrogens (tertiary/aromatic N) is 1. The van der Waals surface area contributed by atoms with Gasteiger partial charge in [0.2, 0.25) is 0 Å². The number of hydrogen-bond donors (Lipinski definition) is 0. The third-order valence-electron chi connectivity index (χ3n) is 4.91. The first-order valence-corrected chi connectivity index (χ1v) is 8.74. The van der Waals surface area contributed by atoms with E-state index in [9.17, 15) is 9.59 Å². The first kappa shape index (κ1) is 18.2. The van der Waals surface area contributed by atoms with Gasteiger partial charge in [0, 0.05) is 6.42 Å². The molecule has 2 aliphatic rings. The number of hydrogen-bond acceptors (Lipinski definition) is 4. The summed E-state index contributed by atoms with van der Waals surface area (Å²) in [5, 5.41) is 0. The monoisotopic (exact) mass is 325 g/mol. The standard InChI is InChI=1S/C18H31NO4/c1-17(2,3)23-16(21)19-15(12-22-18(19,4)5)14(9-10-20)11-13-7-6-8-13/h10,13-15H,6-9,11-12H2,1-5H3/t14-,15-/m0/s1. The number of amides is 1. The molecule has 2 fully saturated rings. The highest BCUT2D eigenvalue weighted by molar-refractivity contribution is 5.70. The Balaban J connectivity index is 2.15. The Labute approximate surface area is 139 Å². The Morgan fingerprint density at radius 3 is 2.52 bits per heavy atom. The van der Waals surface area contributed by atoms with Crippen molar-refractivity contribution in [1.29, 1.82) is 0 Å². The van der Waals surface area contributed by atoms with Crippen molar-refractivity contribution in [1.82, 2.24) is 4.90 Å². The van der Waals surface area contributed by atoms with Gasteiger partial charge in [0.25, 0.3) is 0 Å². The molecule has 0 N–H and O–H groups in total. The van der Waals surface area contributed by atoms with Crippen molar-refractivity contribution in [3.8, 4) is 0 Å². The SMILES string of the molecule is CC(C)(C)OC(=O)N1[C@H]([C@@H](CC=O)CC2CCC2)COC1(C)C. The van der Waals surface area contributed by atoms with Crippen LogP contribution in [0.2, 0.25) is 0 Å². The van der Waals surface area contributed by atoms with E-state index in [4.69, 9.17) is 9.47 Å². The van der Waals surface area contributed by atoms with E-state index in [0.29, 0.717) is 18.9 Å². The normalized spacial score (nSPS) is 25.8. The molecule has 0 radical (unpaired) electrons. The molecular weight excluding hydrogens is 294 g/mol. The van der Waals surface area contributed by atoms with Gasteiger partial charge in [0.15, 0.2) is 0 Å². The average Bonchev–Trinajstić information content (AvgIpc) is 2.65. The van der Waals surface area contributed by atoms with Crippen molar-refractivity contribution >= 4 is 12.4 Å². The van der Waals surface area contributed by atoms with Gasteiger partial charge < -0.3 is 14.3 Å². The van der Waals surface area contributed by atoms with E-state index in [1.54, 1.807) is 4.90 Å². The van der Waals surface area contributed by atoms with Crippen LogP contribution in [0.3, 0.4) is 0 Å². The molecule has 0 aromatic rings. The van der Waals surface area contributed by atoms with Gasteiger partial charge in [0.1, 0.15) is 17.6 Å². The van der Waals surface area contributed by atoms with Crippen LogP contribution in [0, 0.1) is 11.8 Å². The lowest BCUT2D eigenvalue weighted by Gasteiger charge is -2.39. The summed E-state index contributed by atoms with van der Waals surface area (Å²) in [6.07, 6.45) is 5.83. The summed E-state index contributed by atoms with van der Waals surface area (Å²) in [5.74, 6) is 0.830. The summed E-state index contributed by atoms with van der Waals surface area (Å²) in [6.45, 7) is 9.83. The molecule has 1 saturated carbocycles. The minimum Gasteiger partial charge on any atom is -0.444 e. The number of carbonyl (C=O) groups excluding carboxylic acids is 2. The van der Waals surface area contributed by atoms with Crippen LogP contribution in [0.1, 0.15) is 66.7 Å². The molecule has 0 aromatic carbocycles. The molecule has 2 atom stereocenters. The van der Waals surface area contributed by atoms with Gasteiger partial charge in [-0.2, -0.15) is 0 Å². The largest absolute Gasteiger partial charge is 0.444 e. The molecule has 1 amide bonds. The molecule has 1 heterocycles. The second-order valence-corrected chi connectivity index (χ2v) is 8.37. The number of carbonyl (C=O) groups is 2. The summed E-state index contributed by atoms with van der Waals surface area (Å²) in [6, 6.07) is -0.0920. The zero-order chi connectivity index (χ0) is 17.3. The molecule has 0 aromatic heterocycles. The van der Waals surface area contributed by atoms with Crippen molar-refractivity contribution in [3.63, 3.8) is 0 Å². The van der Waals surface area contributed by atoms with Gasteiger partial charge in [0.05, 0.1) is 12.6 Å². The van der Waals surface area contributed by atoms with Gasteiger partial charge in [-0.15, -0.1) is 0 Å². The van der Waals surface area contributed by atoms with E-state index >= 15 is 0 Å². The maximum atomic E-state index is 12.7. The maximum Gasteiger partial charge on any atom is 0.412 e. The minimum atomic E-state index is -0.701. The van der Waals surface area contributed by atoms with Crippen LogP contribution in [0.25, 0.3) is 0 Å². The van der Waals surface area contributed by atoms with Crippen molar-refractivity contribution < 1.29 is 19.1 Å². The highest BCUT2D eigenvalue weighted by Crippen LogP contribution is 2.39. The Hall–Kier alpha value is -1.10. The lowest BCUT2D eigenvalue weighted by molar-refractivity contribution is -0.109. The topological polar surface area (TPSA) is 55.8 Å². The fraction of sp³-hybridized carbons (Fsp3) is 0.889. The highest BCUT2D eigenvalue weighted by Gasteiger charge is 2.48.